The van der Waals surface area contributed by atoms with Gasteiger partial charge in [0.2, 0.25) is 17.2 Å². The minimum Gasteiger partial charge on any atom is -0.504 e. The van der Waals surface area contributed by atoms with E-state index in [-0.39, 0.29) is 35.8 Å². The molecule has 2 aliphatic rings. The molecule has 260 valence electrons. The van der Waals surface area contributed by atoms with Crippen molar-refractivity contribution in [1.29, 1.82) is 0 Å². The van der Waals surface area contributed by atoms with Crippen LogP contribution in [0.2, 0.25) is 0 Å². The molecular formula is C34H40O14. The summed E-state index contributed by atoms with van der Waals surface area (Å²) in [7, 11) is 6.71. The van der Waals surface area contributed by atoms with Gasteiger partial charge in [-0.1, -0.05) is 12.1 Å². The zero-order valence-corrected chi connectivity index (χ0v) is 27.7. The van der Waals surface area contributed by atoms with E-state index in [1.807, 2.05) is 0 Å². The number of hydrogen-bond acceptors (Lipinski definition) is 14. The number of carbonyl (C=O) groups excluding carboxylic acids is 3. The first-order chi connectivity index (χ1) is 22.8. The van der Waals surface area contributed by atoms with Crippen molar-refractivity contribution in [2.24, 2.45) is 0 Å². The number of carbonyl (C=O) groups is 3. The predicted molar refractivity (Wildman–Crippen MR) is 168 cm³/mol. The number of fused-ring (bicyclic) bond motifs is 1. The summed E-state index contributed by atoms with van der Waals surface area (Å²) in [6.07, 6.45) is 1.26. The highest BCUT2D eigenvalue weighted by molar-refractivity contribution is 5.91. The van der Waals surface area contributed by atoms with Crippen LogP contribution in [0.4, 0.5) is 0 Å². The Morgan fingerprint density at radius 1 is 0.771 bits per heavy atom. The second-order valence-corrected chi connectivity index (χ2v) is 11.4. The summed E-state index contributed by atoms with van der Waals surface area (Å²) in [4.78, 5) is 39.9. The molecule has 0 bridgehead atoms. The summed E-state index contributed by atoms with van der Waals surface area (Å²) in [5.41, 5.74) is -0.956. The summed E-state index contributed by atoms with van der Waals surface area (Å²) in [6.45, 7) is 3.17. The van der Waals surface area contributed by atoms with Crippen LogP contribution in [0, 0.1) is 0 Å². The molecule has 0 aromatic heterocycles. The van der Waals surface area contributed by atoms with Crippen LogP contribution < -0.4 is 9.47 Å². The van der Waals surface area contributed by atoms with Gasteiger partial charge < -0.3 is 52.8 Å². The zero-order valence-electron chi connectivity index (χ0n) is 27.7. The second kappa shape index (κ2) is 14.6. The first kappa shape index (κ1) is 36.2. The van der Waals surface area contributed by atoms with E-state index in [2.05, 4.69) is 0 Å². The van der Waals surface area contributed by atoms with Crippen LogP contribution in [0.1, 0.15) is 37.8 Å². The molecule has 2 fully saturated rings. The molecular weight excluding hydrogens is 632 g/mol. The third-order valence-corrected chi connectivity index (χ3v) is 8.49. The number of ether oxygens (including phenoxy) is 9. The van der Waals surface area contributed by atoms with Crippen molar-refractivity contribution >= 4 is 30.1 Å². The molecule has 1 aliphatic heterocycles. The Morgan fingerprint density at radius 3 is 1.79 bits per heavy atom. The molecule has 0 spiro atoms. The maximum atomic E-state index is 13.4. The first-order valence-corrected chi connectivity index (χ1v) is 14.8. The van der Waals surface area contributed by atoms with Gasteiger partial charge in [-0.25, -0.2) is 14.4 Å². The van der Waals surface area contributed by atoms with Crippen LogP contribution in [-0.4, -0.2) is 99.2 Å². The van der Waals surface area contributed by atoms with Crippen molar-refractivity contribution in [2.75, 3.05) is 35.5 Å². The molecule has 6 atom stereocenters. The largest absolute Gasteiger partial charge is 0.504 e. The lowest BCUT2D eigenvalue weighted by Gasteiger charge is -2.56. The van der Waals surface area contributed by atoms with E-state index in [0.717, 1.165) is 19.3 Å². The number of esters is 3. The van der Waals surface area contributed by atoms with E-state index in [1.165, 1.54) is 64.9 Å². The predicted octanol–water partition coefficient (Wildman–Crippen LogP) is 3.51. The van der Waals surface area contributed by atoms with Gasteiger partial charge in [0.05, 0.1) is 27.4 Å². The second-order valence-electron chi connectivity index (χ2n) is 11.4. The van der Waals surface area contributed by atoms with Gasteiger partial charge in [-0.15, -0.1) is 0 Å². The Bertz CT molecular complexity index is 1570. The maximum Gasteiger partial charge on any atom is 0.350 e. The van der Waals surface area contributed by atoms with E-state index < -0.39 is 53.4 Å². The van der Waals surface area contributed by atoms with Crippen LogP contribution in [0.3, 0.4) is 0 Å². The molecule has 4 rings (SSSR count). The Balaban J connectivity index is 1.66. The number of benzene rings is 2. The third-order valence-electron chi connectivity index (χ3n) is 8.49. The van der Waals surface area contributed by atoms with E-state index in [1.54, 1.807) is 26.0 Å². The molecule has 14 nitrogen and oxygen atoms in total. The molecule has 1 heterocycles. The molecule has 1 saturated heterocycles. The average Bonchev–Trinajstić information content (AvgIpc) is 3.07. The minimum absolute atomic E-state index is 0.0736. The summed E-state index contributed by atoms with van der Waals surface area (Å²) in [5, 5.41) is 19.8. The smallest absolute Gasteiger partial charge is 0.350 e. The number of phenolic OH excluding ortho intramolecular Hbond substituents is 2. The Hall–Kier alpha value is -4.63. The van der Waals surface area contributed by atoms with Crippen LogP contribution in [0.25, 0.3) is 12.2 Å². The SMILES string of the molecule is COC(=O)[C@]1(OC(=O)/C=C/c2ccc(O)c(OC)c2)C[C@H](OC(=O)/C=C/c2ccc(O)c(OC)c2)[C@H]2O[C@](C)(OC)[C@@](C)(OC)O[C@@H]2C1. The van der Waals surface area contributed by atoms with Gasteiger partial charge in [0.25, 0.3) is 0 Å². The molecule has 1 aliphatic carbocycles. The van der Waals surface area contributed by atoms with Gasteiger partial charge in [-0.05, 0) is 61.4 Å². The Labute approximate surface area is 277 Å². The summed E-state index contributed by atoms with van der Waals surface area (Å²) < 4.78 is 50.9. The van der Waals surface area contributed by atoms with Crippen molar-refractivity contribution in [1.82, 2.24) is 0 Å². The van der Waals surface area contributed by atoms with Gasteiger partial charge >= 0.3 is 17.9 Å². The summed E-state index contributed by atoms with van der Waals surface area (Å²) in [6, 6.07) is 8.94. The molecule has 14 heteroatoms. The van der Waals surface area contributed by atoms with Crippen molar-refractivity contribution in [3.8, 4) is 23.0 Å². The topological polar surface area (TPSA) is 175 Å². The summed E-state index contributed by atoms with van der Waals surface area (Å²) >= 11 is 0. The van der Waals surface area contributed by atoms with Crippen LogP contribution >= 0.6 is 0 Å². The zero-order chi connectivity index (χ0) is 35.3. The van der Waals surface area contributed by atoms with Crippen LogP contribution in [0.15, 0.2) is 48.6 Å². The third kappa shape index (κ3) is 7.41. The molecule has 2 aromatic carbocycles. The summed E-state index contributed by atoms with van der Waals surface area (Å²) in [5.74, 6) is -5.39. The molecule has 0 radical (unpaired) electrons. The fourth-order valence-corrected chi connectivity index (χ4v) is 5.62. The Morgan fingerprint density at radius 2 is 1.29 bits per heavy atom. The van der Waals surface area contributed by atoms with Crippen molar-refractivity contribution in [3.63, 3.8) is 0 Å². The quantitative estimate of drug-likeness (QED) is 0.202. The average molecular weight is 673 g/mol. The monoisotopic (exact) mass is 672 g/mol. The molecule has 1 saturated carbocycles. The standard InChI is InChI=1S/C34H40O14/c1-32(43-6)33(2,44-7)48-30-26(45-28(37)14-10-20-8-12-22(35)24(16-20)40-3)18-34(31(39)42-5,19-27(30)46-32)47-29(38)15-11-21-9-13-23(36)25(17-21)41-4/h8-17,26-27,30,35-36H,18-19H2,1-7H3/b14-10+,15-11+/t26-,27+,30+,32-,33-,34-/m0/s1. The Kier molecular flexibility index (Phi) is 11.0. The number of aromatic hydroxyl groups is 2. The number of phenols is 2. The minimum atomic E-state index is -1.98. The molecule has 2 aromatic rings. The fourth-order valence-electron chi connectivity index (χ4n) is 5.62. The van der Waals surface area contributed by atoms with E-state index in [4.69, 9.17) is 42.6 Å². The van der Waals surface area contributed by atoms with Gasteiger partial charge in [0.15, 0.2) is 23.0 Å². The molecule has 2 N–H and O–H groups in total. The fraction of sp³-hybridized carbons (Fsp3) is 0.441. The molecule has 0 unspecified atom stereocenters. The van der Waals surface area contributed by atoms with Gasteiger partial charge in [-0.3, -0.25) is 0 Å². The van der Waals surface area contributed by atoms with E-state index in [9.17, 15) is 24.6 Å². The van der Waals surface area contributed by atoms with E-state index in [0.29, 0.717) is 11.1 Å². The lowest BCUT2D eigenvalue weighted by atomic mass is 9.77. The molecule has 48 heavy (non-hydrogen) atoms. The van der Waals surface area contributed by atoms with Gasteiger partial charge in [-0.2, -0.15) is 0 Å². The van der Waals surface area contributed by atoms with Crippen LogP contribution in [0.5, 0.6) is 23.0 Å². The number of hydrogen-bond donors (Lipinski definition) is 2. The van der Waals surface area contributed by atoms with Crippen molar-refractivity contribution in [3.05, 3.63) is 59.7 Å². The highest BCUT2D eigenvalue weighted by atomic mass is 16.8. The first-order valence-electron chi connectivity index (χ1n) is 14.8. The van der Waals surface area contributed by atoms with Crippen molar-refractivity contribution < 1.29 is 67.2 Å². The van der Waals surface area contributed by atoms with E-state index >= 15 is 0 Å². The normalized spacial score (nSPS) is 28.4. The van der Waals surface area contributed by atoms with Gasteiger partial charge in [0, 0.05) is 39.2 Å². The lowest BCUT2D eigenvalue weighted by Crippen LogP contribution is -2.71. The molecule has 0 amide bonds. The highest BCUT2D eigenvalue weighted by Crippen LogP contribution is 2.47. The van der Waals surface area contributed by atoms with Gasteiger partial charge in [0.1, 0.15) is 12.2 Å². The van der Waals surface area contributed by atoms with Crippen LogP contribution in [-0.2, 0) is 47.5 Å². The lowest BCUT2D eigenvalue weighted by molar-refractivity contribution is -0.460. The highest BCUT2D eigenvalue weighted by Gasteiger charge is 2.64. The van der Waals surface area contributed by atoms with Crippen molar-refractivity contribution in [2.45, 2.75) is 62.2 Å². The number of rotatable bonds is 11. The maximum absolute atomic E-state index is 13.4. The number of methoxy groups -OCH3 is 5.